The number of carbonyl (C=O) groups excluding carboxylic acids is 1. The molecule has 160 valence electrons. The highest BCUT2D eigenvalue weighted by molar-refractivity contribution is 5.79. The van der Waals surface area contributed by atoms with E-state index in [1.54, 1.807) is 0 Å². The number of likely N-dealkylation sites (tertiary alicyclic amines) is 2. The first-order chi connectivity index (χ1) is 15.1. The molecule has 2 aliphatic heterocycles. The molecule has 2 saturated heterocycles. The van der Waals surface area contributed by atoms with Gasteiger partial charge in [-0.3, -0.25) is 9.69 Å². The van der Waals surface area contributed by atoms with Crippen LogP contribution in [0, 0.1) is 12.3 Å². The maximum Gasteiger partial charge on any atom is 0.260 e. The molecule has 2 aliphatic rings. The number of ether oxygens (including phenoxy) is 1. The van der Waals surface area contributed by atoms with Gasteiger partial charge in [0.15, 0.2) is 12.4 Å². The van der Waals surface area contributed by atoms with Gasteiger partial charge in [0.25, 0.3) is 5.91 Å². The number of benzene rings is 2. The summed E-state index contributed by atoms with van der Waals surface area (Å²) in [5.41, 5.74) is 1.22. The van der Waals surface area contributed by atoms with Crippen molar-refractivity contribution in [1.29, 1.82) is 0 Å². The van der Waals surface area contributed by atoms with Crippen molar-refractivity contribution in [2.75, 3.05) is 32.8 Å². The van der Waals surface area contributed by atoms with Gasteiger partial charge in [0.2, 0.25) is 5.89 Å². The Morgan fingerprint density at radius 2 is 1.81 bits per heavy atom. The standard InChI is InChI=1S/C24H26N4O3/c1-18-25-23(31-26-18)21-13-27(12-19-8-4-2-5-9-19)15-24(21)16-28(17-24)22(29)14-30-20-10-6-3-7-11-20/h2-11,21H,12-17H2,1H3. The van der Waals surface area contributed by atoms with Gasteiger partial charge in [-0.05, 0) is 24.6 Å². The minimum Gasteiger partial charge on any atom is -0.484 e. The lowest BCUT2D eigenvalue weighted by atomic mass is 9.71. The summed E-state index contributed by atoms with van der Waals surface area (Å²) in [7, 11) is 0. The predicted octanol–water partition coefficient (Wildman–Crippen LogP) is 2.89. The Balaban J connectivity index is 1.26. The fourth-order valence-corrected chi connectivity index (χ4v) is 4.79. The van der Waals surface area contributed by atoms with Crippen molar-refractivity contribution in [3.8, 4) is 5.75 Å². The Morgan fingerprint density at radius 1 is 1.10 bits per heavy atom. The van der Waals surface area contributed by atoms with Crippen LogP contribution < -0.4 is 4.74 Å². The monoisotopic (exact) mass is 418 g/mol. The molecule has 7 nitrogen and oxygen atoms in total. The Hall–Kier alpha value is -3.19. The fourth-order valence-electron chi connectivity index (χ4n) is 4.79. The summed E-state index contributed by atoms with van der Waals surface area (Å²) in [6.45, 7) is 5.88. The molecule has 7 heteroatoms. The fraction of sp³-hybridized carbons (Fsp3) is 0.375. The molecule has 2 aromatic carbocycles. The molecular weight excluding hydrogens is 392 g/mol. The highest BCUT2D eigenvalue weighted by Gasteiger charge is 2.57. The van der Waals surface area contributed by atoms with Crippen molar-refractivity contribution in [3.63, 3.8) is 0 Å². The van der Waals surface area contributed by atoms with Gasteiger partial charge in [0.05, 0.1) is 5.92 Å². The molecule has 5 rings (SSSR count). The van der Waals surface area contributed by atoms with Crippen LogP contribution in [0.1, 0.15) is 23.2 Å². The smallest absolute Gasteiger partial charge is 0.260 e. The van der Waals surface area contributed by atoms with Crippen molar-refractivity contribution in [3.05, 3.63) is 77.9 Å². The van der Waals surface area contributed by atoms with E-state index in [0.29, 0.717) is 30.6 Å². The average Bonchev–Trinajstić information content (AvgIpc) is 3.36. The van der Waals surface area contributed by atoms with Crippen LogP contribution in [-0.4, -0.2) is 58.6 Å². The van der Waals surface area contributed by atoms with Gasteiger partial charge < -0.3 is 14.2 Å². The van der Waals surface area contributed by atoms with E-state index < -0.39 is 0 Å². The zero-order valence-corrected chi connectivity index (χ0v) is 17.6. The maximum atomic E-state index is 12.7. The van der Waals surface area contributed by atoms with E-state index in [4.69, 9.17) is 9.26 Å². The third-order valence-electron chi connectivity index (χ3n) is 6.28. The summed E-state index contributed by atoms with van der Waals surface area (Å²) in [6.07, 6.45) is 0. The van der Waals surface area contributed by atoms with Crippen LogP contribution in [0.15, 0.2) is 65.2 Å². The number of carbonyl (C=O) groups is 1. The van der Waals surface area contributed by atoms with Gasteiger partial charge in [0, 0.05) is 38.1 Å². The van der Waals surface area contributed by atoms with Crippen LogP contribution in [-0.2, 0) is 11.3 Å². The van der Waals surface area contributed by atoms with Crippen molar-refractivity contribution >= 4 is 5.91 Å². The van der Waals surface area contributed by atoms with Crippen molar-refractivity contribution in [2.45, 2.75) is 19.4 Å². The molecule has 0 bridgehead atoms. The second kappa shape index (κ2) is 8.15. The molecule has 31 heavy (non-hydrogen) atoms. The number of hydrogen-bond acceptors (Lipinski definition) is 6. The van der Waals surface area contributed by atoms with Crippen LogP contribution in [0.4, 0.5) is 0 Å². The Morgan fingerprint density at radius 3 is 2.48 bits per heavy atom. The minimum absolute atomic E-state index is 0.0106. The first-order valence-electron chi connectivity index (χ1n) is 10.6. The van der Waals surface area contributed by atoms with Crippen LogP contribution in [0.3, 0.4) is 0 Å². The quantitative estimate of drug-likeness (QED) is 0.613. The van der Waals surface area contributed by atoms with E-state index in [2.05, 4.69) is 39.3 Å². The van der Waals surface area contributed by atoms with Gasteiger partial charge in [-0.25, -0.2) is 0 Å². The summed E-state index contributed by atoms with van der Waals surface area (Å²) < 4.78 is 11.2. The molecule has 2 fully saturated rings. The summed E-state index contributed by atoms with van der Waals surface area (Å²) in [5.74, 6) is 2.17. The van der Waals surface area contributed by atoms with E-state index >= 15 is 0 Å². The summed E-state index contributed by atoms with van der Waals surface area (Å²) in [4.78, 5) is 21.5. The first kappa shape index (κ1) is 19.8. The van der Waals surface area contributed by atoms with Gasteiger partial charge in [-0.15, -0.1) is 0 Å². The highest BCUT2D eigenvalue weighted by atomic mass is 16.5. The van der Waals surface area contributed by atoms with Crippen LogP contribution in [0.5, 0.6) is 5.75 Å². The molecule has 0 aliphatic carbocycles. The summed E-state index contributed by atoms with van der Waals surface area (Å²) in [5, 5.41) is 4.01. The molecule has 0 saturated carbocycles. The van der Waals surface area contributed by atoms with Crippen molar-refractivity contribution in [2.24, 2.45) is 5.41 Å². The normalized spacial score (nSPS) is 20.0. The van der Waals surface area contributed by atoms with Crippen molar-refractivity contribution in [1.82, 2.24) is 19.9 Å². The number of aryl methyl sites for hydroxylation is 1. The second-order valence-corrected chi connectivity index (χ2v) is 8.60. The molecule has 1 unspecified atom stereocenters. The number of nitrogens with zero attached hydrogens (tertiary/aromatic N) is 4. The third-order valence-corrected chi connectivity index (χ3v) is 6.28. The largest absolute Gasteiger partial charge is 0.484 e. The molecule has 3 heterocycles. The Labute approximate surface area is 181 Å². The second-order valence-electron chi connectivity index (χ2n) is 8.60. The molecule has 1 spiro atoms. The van der Waals surface area contributed by atoms with Gasteiger partial charge in [0.1, 0.15) is 5.75 Å². The van der Waals surface area contributed by atoms with Gasteiger partial charge in [-0.2, -0.15) is 4.98 Å². The molecular formula is C24H26N4O3. The average molecular weight is 418 g/mol. The summed E-state index contributed by atoms with van der Waals surface area (Å²) >= 11 is 0. The number of rotatable bonds is 6. The maximum absolute atomic E-state index is 12.7. The van der Waals surface area contributed by atoms with E-state index in [1.165, 1.54) is 5.56 Å². The SMILES string of the molecule is Cc1noc(C2CN(Cc3ccccc3)CC23CN(C(=O)COc2ccccc2)C3)n1. The number of para-hydroxylation sites is 1. The lowest BCUT2D eigenvalue weighted by molar-refractivity contribution is -0.146. The van der Waals surface area contributed by atoms with E-state index in [1.807, 2.05) is 48.2 Å². The Kier molecular flexibility index (Phi) is 5.19. The summed E-state index contributed by atoms with van der Waals surface area (Å²) in [6, 6.07) is 19.9. The predicted molar refractivity (Wildman–Crippen MR) is 114 cm³/mol. The molecule has 1 amide bonds. The topological polar surface area (TPSA) is 71.7 Å². The molecule has 1 atom stereocenters. The first-order valence-corrected chi connectivity index (χ1v) is 10.6. The zero-order valence-electron chi connectivity index (χ0n) is 17.6. The van der Waals surface area contributed by atoms with Crippen LogP contribution in [0.25, 0.3) is 0 Å². The zero-order chi connectivity index (χ0) is 21.3. The molecule has 3 aromatic rings. The third kappa shape index (κ3) is 4.05. The van der Waals surface area contributed by atoms with E-state index in [0.717, 1.165) is 19.6 Å². The number of amides is 1. The van der Waals surface area contributed by atoms with Crippen LogP contribution in [0.2, 0.25) is 0 Å². The minimum atomic E-state index is -0.0594. The number of hydrogen-bond donors (Lipinski definition) is 0. The molecule has 1 aromatic heterocycles. The Bertz CT molecular complexity index is 1030. The van der Waals surface area contributed by atoms with Crippen LogP contribution >= 0.6 is 0 Å². The molecule has 0 N–H and O–H groups in total. The van der Waals surface area contributed by atoms with Gasteiger partial charge in [-0.1, -0.05) is 53.7 Å². The van der Waals surface area contributed by atoms with Crippen molar-refractivity contribution < 1.29 is 14.1 Å². The lowest BCUT2D eigenvalue weighted by Crippen LogP contribution is -2.62. The van der Waals surface area contributed by atoms with E-state index in [-0.39, 0.29) is 23.8 Å². The lowest BCUT2D eigenvalue weighted by Gasteiger charge is -2.50. The van der Waals surface area contributed by atoms with E-state index in [9.17, 15) is 4.79 Å². The highest BCUT2D eigenvalue weighted by Crippen LogP contribution is 2.49. The molecule has 0 radical (unpaired) electrons. The van der Waals surface area contributed by atoms with Gasteiger partial charge >= 0.3 is 0 Å². The number of aromatic nitrogens is 2.